The lowest BCUT2D eigenvalue weighted by molar-refractivity contribution is -0.145. The molecule has 6 nitrogen and oxygen atoms in total. The van der Waals surface area contributed by atoms with Crippen molar-refractivity contribution in [3.8, 4) is 0 Å². The third-order valence-electron chi connectivity index (χ3n) is 5.15. The Balaban J connectivity index is 2.22. The Morgan fingerprint density at radius 2 is 1.88 bits per heavy atom. The van der Waals surface area contributed by atoms with Crippen molar-refractivity contribution in [2.24, 2.45) is 11.3 Å². The molecule has 1 atom stereocenters. The highest BCUT2D eigenvalue weighted by atomic mass is 16.4. The fraction of sp³-hybridized carbons (Fsp3) is 0.526. The van der Waals surface area contributed by atoms with E-state index in [1.807, 2.05) is 0 Å². The number of nitrogens with one attached hydrogen (secondary N) is 2. The number of carbonyl (C=O) groups is 3. The van der Waals surface area contributed by atoms with Crippen molar-refractivity contribution >= 4 is 23.5 Å². The molecule has 0 radical (unpaired) electrons. The molecule has 0 bridgehead atoms. The van der Waals surface area contributed by atoms with Crippen molar-refractivity contribution in [3.63, 3.8) is 0 Å². The van der Waals surface area contributed by atoms with Crippen molar-refractivity contribution in [2.45, 2.75) is 45.4 Å². The summed E-state index contributed by atoms with van der Waals surface area (Å²) in [5.41, 5.74) is -0.0219. The first kappa shape index (κ1) is 19.0. The Kier molecular flexibility index (Phi) is 6.17. The van der Waals surface area contributed by atoms with Gasteiger partial charge in [0, 0.05) is 18.3 Å². The molecule has 0 aliphatic heterocycles. The lowest BCUT2D eigenvalue weighted by atomic mass is 9.67. The molecule has 2 rings (SSSR count). The average molecular weight is 346 g/mol. The summed E-state index contributed by atoms with van der Waals surface area (Å²) in [7, 11) is 1.54. The number of hydrogen-bond donors (Lipinski definition) is 3. The summed E-state index contributed by atoms with van der Waals surface area (Å²) < 4.78 is 0. The molecule has 25 heavy (non-hydrogen) atoms. The first-order valence-electron chi connectivity index (χ1n) is 8.72. The van der Waals surface area contributed by atoms with E-state index >= 15 is 0 Å². The van der Waals surface area contributed by atoms with E-state index in [-0.39, 0.29) is 24.2 Å². The molecule has 0 unspecified atom stereocenters. The van der Waals surface area contributed by atoms with Crippen molar-refractivity contribution in [1.82, 2.24) is 5.32 Å². The van der Waals surface area contributed by atoms with Gasteiger partial charge in [-0.1, -0.05) is 25.3 Å². The number of aliphatic carboxylic acids is 1. The minimum absolute atomic E-state index is 0.0551. The second kappa shape index (κ2) is 8.14. The Morgan fingerprint density at radius 1 is 1.20 bits per heavy atom. The van der Waals surface area contributed by atoms with E-state index in [1.165, 1.54) is 0 Å². The van der Waals surface area contributed by atoms with Gasteiger partial charge in [0.1, 0.15) is 0 Å². The normalized spacial score (nSPS) is 17.4. The molecule has 6 heteroatoms. The van der Waals surface area contributed by atoms with Gasteiger partial charge in [-0.2, -0.15) is 0 Å². The minimum atomic E-state index is -0.970. The monoisotopic (exact) mass is 346 g/mol. The number of amides is 2. The summed E-state index contributed by atoms with van der Waals surface area (Å²) in [4.78, 5) is 36.0. The zero-order valence-corrected chi connectivity index (χ0v) is 14.8. The number of benzene rings is 1. The number of hydrogen-bond acceptors (Lipinski definition) is 3. The zero-order chi connectivity index (χ0) is 18.4. The zero-order valence-electron chi connectivity index (χ0n) is 14.8. The quantitative estimate of drug-likeness (QED) is 0.738. The second-order valence-electron chi connectivity index (χ2n) is 6.94. The van der Waals surface area contributed by atoms with Crippen LogP contribution in [0.25, 0.3) is 0 Å². The van der Waals surface area contributed by atoms with E-state index in [0.29, 0.717) is 11.3 Å². The van der Waals surface area contributed by atoms with E-state index in [2.05, 4.69) is 10.6 Å². The van der Waals surface area contributed by atoms with E-state index in [4.69, 9.17) is 0 Å². The van der Waals surface area contributed by atoms with E-state index < -0.39 is 11.4 Å². The molecule has 2 amide bonds. The summed E-state index contributed by atoms with van der Waals surface area (Å²) in [5, 5.41) is 14.7. The van der Waals surface area contributed by atoms with Gasteiger partial charge in [-0.25, -0.2) is 0 Å². The highest BCUT2D eigenvalue weighted by molar-refractivity contribution is 5.99. The van der Waals surface area contributed by atoms with Crippen LogP contribution in [-0.2, 0) is 9.59 Å². The first-order valence-corrected chi connectivity index (χ1v) is 8.72. The Morgan fingerprint density at radius 3 is 2.48 bits per heavy atom. The fourth-order valence-corrected chi connectivity index (χ4v) is 3.62. The van der Waals surface area contributed by atoms with Gasteiger partial charge in [-0.15, -0.1) is 0 Å². The first-order chi connectivity index (χ1) is 11.9. The van der Waals surface area contributed by atoms with Gasteiger partial charge in [-0.05, 0) is 43.9 Å². The molecular weight excluding hydrogens is 320 g/mol. The Hall–Kier alpha value is -2.37. The molecule has 1 aromatic rings. The maximum atomic E-state index is 12.9. The molecule has 1 fully saturated rings. The predicted octanol–water partition coefficient (Wildman–Crippen LogP) is 3.05. The molecule has 1 saturated carbocycles. The highest BCUT2D eigenvalue weighted by Crippen LogP contribution is 2.42. The average Bonchev–Trinajstić information content (AvgIpc) is 2.61. The van der Waals surface area contributed by atoms with Crippen molar-refractivity contribution < 1.29 is 19.5 Å². The van der Waals surface area contributed by atoms with E-state index in [0.717, 1.165) is 32.1 Å². The van der Waals surface area contributed by atoms with Crippen LogP contribution in [0.4, 0.5) is 5.69 Å². The maximum Gasteiger partial charge on any atom is 0.304 e. The van der Waals surface area contributed by atoms with Crippen molar-refractivity contribution in [2.75, 3.05) is 12.4 Å². The molecule has 1 aromatic carbocycles. The Bertz CT molecular complexity index is 653. The largest absolute Gasteiger partial charge is 0.481 e. The minimum Gasteiger partial charge on any atom is -0.481 e. The van der Waals surface area contributed by atoms with Gasteiger partial charge >= 0.3 is 5.97 Å². The molecule has 1 aliphatic rings. The molecule has 136 valence electrons. The van der Waals surface area contributed by atoms with Crippen LogP contribution in [0.3, 0.4) is 0 Å². The lowest BCUT2D eigenvalue weighted by Gasteiger charge is -2.37. The van der Waals surface area contributed by atoms with Gasteiger partial charge in [0.2, 0.25) is 5.91 Å². The molecule has 3 N–H and O–H groups in total. The highest BCUT2D eigenvalue weighted by Gasteiger charge is 2.43. The Labute approximate surface area is 148 Å². The molecule has 0 spiro atoms. The maximum absolute atomic E-state index is 12.9. The van der Waals surface area contributed by atoms with Crippen LogP contribution in [-0.4, -0.2) is 29.9 Å². The van der Waals surface area contributed by atoms with Crippen LogP contribution in [0.15, 0.2) is 24.3 Å². The molecule has 0 heterocycles. The smallest absolute Gasteiger partial charge is 0.304 e. The van der Waals surface area contributed by atoms with Crippen LogP contribution >= 0.6 is 0 Å². The van der Waals surface area contributed by atoms with Gasteiger partial charge in [0.15, 0.2) is 0 Å². The summed E-state index contributed by atoms with van der Waals surface area (Å²) in [6, 6.07) is 6.65. The number of carbonyl (C=O) groups excluding carboxylic acids is 2. The number of carboxylic acids is 1. The molecular formula is C19H26N2O4. The summed E-state index contributed by atoms with van der Waals surface area (Å²) >= 11 is 0. The van der Waals surface area contributed by atoms with E-state index in [9.17, 15) is 19.5 Å². The van der Waals surface area contributed by atoms with Crippen LogP contribution < -0.4 is 10.6 Å². The van der Waals surface area contributed by atoms with Crippen LogP contribution in [0.1, 0.15) is 55.8 Å². The summed E-state index contributed by atoms with van der Waals surface area (Å²) in [6.07, 6.45) is 4.73. The summed E-state index contributed by atoms with van der Waals surface area (Å²) in [6.45, 7) is 1.75. The second-order valence-corrected chi connectivity index (χ2v) is 6.94. The standard InChI is InChI=1S/C19H26N2O4/c1-19(12-16(22)23,14-8-4-3-5-9-14)18(25)21-15-10-6-7-13(11-15)17(24)20-2/h6-7,10-11,14H,3-5,8-9,12H2,1-2H3,(H,20,24)(H,21,25)(H,22,23)/t19-/m0/s1. The molecule has 1 aliphatic carbocycles. The van der Waals surface area contributed by atoms with Crippen molar-refractivity contribution in [1.29, 1.82) is 0 Å². The van der Waals surface area contributed by atoms with Crippen molar-refractivity contribution in [3.05, 3.63) is 29.8 Å². The third kappa shape index (κ3) is 4.59. The number of carboxylic acid groups (broad SMARTS) is 1. The molecule has 0 saturated heterocycles. The van der Waals surface area contributed by atoms with Crippen LogP contribution in [0.2, 0.25) is 0 Å². The van der Waals surface area contributed by atoms with Gasteiger partial charge in [0.25, 0.3) is 5.91 Å². The lowest BCUT2D eigenvalue weighted by Crippen LogP contribution is -2.42. The summed E-state index contributed by atoms with van der Waals surface area (Å²) in [5.74, 6) is -1.45. The molecule has 0 aromatic heterocycles. The number of rotatable bonds is 6. The topological polar surface area (TPSA) is 95.5 Å². The van der Waals surface area contributed by atoms with E-state index in [1.54, 1.807) is 38.2 Å². The fourth-order valence-electron chi connectivity index (χ4n) is 3.62. The SMILES string of the molecule is CNC(=O)c1cccc(NC(=O)[C@@](C)(CC(=O)O)C2CCCCC2)c1. The van der Waals surface area contributed by atoms with Gasteiger partial charge in [0.05, 0.1) is 11.8 Å². The third-order valence-corrected chi connectivity index (χ3v) is 5.15. The van der Waals surface area contributed by atoms with Gasteiger partial charge < -0.3 is 15.7 Å². The van der Waals surface area contributed by atoms with Crippen LogP contribution in [0, 0.1) is 11.3 Å². The number of anilines is 1. The van der Waals surface area contributed by atoms with Gasteiger partial charge in [-0.3, -0.25) is 14.4 Å². The predicted molar refractivity (Wildman–Crippen MR) is 95.4 cm³/mol. The van der Waals surface area contributed by atoms with Crippen LogP contribution in [0.5, 0.6) is 0 Å².